The van der Waals surface area contributed by atoms with Crippen molar-refractivity contribution in [3.8, 4) is 0 Å². The Bertz CT molecular complexity index is 886. The van der Waals surface area contributed by atoms with Crippen LogP contribution in [0.15, 0.2) is 36.7 Å². The van der Waals surface area contributed by atoms with Gasteiger partial charge in [0.05, 0.1) is 29.4 Å². The van der Waals surface area contributed by atoms with Gasteiger partial charge < -0.3 is 9.57 Å². The highest BCUT2D eigenvalue weighted by Gasteiger charge is 2.39. The molecule has 25 heavy (non-hydrogen) atoms. The van der Waals surface area contributed by atoms with Crippen molar-refractivity contribution >= 4 is 23.8 Å². The first-order chi connectivity index (χ1) is 12.0. The van der Waals surface area contributed by atoms with Crippen molar-refractivity contribution < 1.29 is 28.8 Å². The summed E-state index contributed by atoms with van der Waals surface area (Å²) >= 11 is 0. The molecule has 1 aromatic heterocycles. The number of methoxy groups -OCH3 is 1. The van der Waals surface area contributed by atoms with E-state index in [4.69, 9.17) is 4.84 Å². The minimum absolute atomic E-state index is 0.0561. The van der Waals surface area contributed by atoms with Gasteiger partial charge in [0.1, 0.15) is 0 Å². The van der Waals surface area contributed by atoms with Crippen LogP contribution in [0.25, 0.3) is 0 Å². The average Bonchev–Trinajstić information content (AvgIpc) is 2.86. The molecule has 0 fully saturated rings. The van der Waals surface area contributed by atoms with Crippen molar-refractivity contribution in [3.63, 3.8) is 0 Å². The first kappa shape index (κ1) is 16.3. The Kier molecular flexibility index (Phi) is 4.02. The van der Waals surface area contributed by atoms with Gasteiger partial charge in [0.2, 0.25) is 0 Å². The van der Waals surface area contributed by atoms with Gasteiger partial charge in [-0.2, -0.15) is 0 Å². The zero-order valence-corrected chi connectivity index (χ0v) is 13.3. The molecule has 0 atom stereocenters. The number of fused-ring (bicyclic) bond motifs is 1. The molecule has 2 heterocycles. The molecule has 2 amide bonds. The average molecular weight is 340 g/mol. The number of hydrogen-bond acceptors (Lipinski definition) is 7. The van der Waals surface area contributed by atoms with Crippen molar-refractivity contribution in [2.75, 3.05) is 7.11 Å². The van der Waals surface area contributed by atoms with Crippen LogP contribution in [-0.4, -0.2) is 40.9 Å². The molecule has 8 nitrogen and oxygen atoms in total. The Balaban J connectivity index is 1.88. The molecule has 1 aliphatic heterocycles. The van der Waals surface area contributed by atoms with Crippen LogP contribution in [0.2, 0.25) is 0 Å². The molecule has 0 radical (unpaired) electrons. The smallest absolute Gasteiger partial charge is 0.365 e. The fourth-order valence-corrected chi connectivity index (χ4v) is 2.43. The van der Waals surface area contributed by atoms with Crippen molar-refractivity contribution in [3.05, 3.63) is 64.5 Å². The maximum Gasteiger partial charge on any atom is 0.365 e. The minimum Gasteiger partial charge on any atom is -0.465 e. The highest BCUT2D eigenvalue weighted by Crippen LogP contribution is 2.24. The SMILES string of the molecule is COC(=O)c1cncc(C(=O)ON2C(=O)c3ccccc3C2=O)c1C. The Labute approximate surface area is 141 Å². The lowest BCUT2D eigenvalue weighted by Crippen LogP contribution is -2.33. The summed E-state index contributed by atoms with van der Waals surface area (Å²) in [6, 6.07) is 6.13. The minimum atomic E-state index is -0.981. The van der Waals surface area contributed by atoms with Gasteiger partial charge in [-0.25, -0.2) is 9.59 Å². The first-order valence-corrected chi connectivity index (χ1v) is 7.18. The molecule has 0 bridgehead atoms. The van der Waals surface area contributed by atoms with Gasteiger partial charge in [-0.05, 0) is 24.6 Å². The molecule has 2 aromatic rings. The second-order valence-electron chi connectivity index (χ2n) is 5.18. The van der Waals surface area contributed by atoms with Crippen molar-refractivity contribution in [1.29, 1.82) is 0 Å². The first-order valence-electron chi connectivity index (χ1n) is 7.18. The second kappa shape index (κ2) is 6.16. The summed E-state index contributed by atoms with van der Waals surface area (Å²) < 4.78 is 4.61. The number of aromatic nitrogens is 1. The summed E-state index contributed by atoms with van der Waals surface area (Å²) in [4.78, 5) is 57.2. The van der Waals surface area contributed by atoms with Gasteiger partial charge in [0.25, 0.3) is 11.8 Å². The van der Waals surface area contributed by atoms with Crippen molar-refractivity contribution in [2.45, 2.75) is 6.92 Å². The molecule has 0 unspecified atom stereocenters. The molecule has 1 aliphatic rings. The molecule has 126 valence electrons. The van der Waals surface area contributed by atoms with Gasteiger partial charge in [-0.1, -0.05) is 17.2 Å². The molecule has 0 N–H and O–H groups in total. The number of carbonyl (C=O) groups excluding carboxylic acids is 4. The zero-order chi connectivity index (χ0) is 18.1. The number of benzene rings is 1. The topological polar surface area (TPSA) is 103 Å². The third kappa shape index (κ3) is 2.63. The summed E-state index contributed by atoms with van der Waals surface area (Å²) in [7, 11) is 1.20. The van der Waals surface area contributed by atoms with E-state index in [9.17, 15) is 19.2 Å². The Morgan fingerprint density at radius 1 is 0.960 bits per heavy atom. The number of esters is 1. The van der Waals surface area contributed by atoms with E-state index >= 15 is 0 Å². The number of carbonyl (C=O) groups is 4. The predicted molar refractivity (Wildman–Crippen MR) is 82.7 cm³/mol. The molecule has 0 aliphatic carbocycles. The fourth-order valence-electron chi connectivity index (χ4n) is 2.43. The highest BCUT2D eigenvalue weighted by molar-refractivity contribution is 6.21. The van der Waals surface area contributed by atoms with Crippen LogP contribution in [0.4, 0.5) is 0 Å². The van der Waals surface area contributed by atoms with Crippen LogP contribution >= 0.6 is 0 Å². The van der Waals surface area contributed by atoms with Crippen LogP contribution in [0.3, 0.4) is 0 Å². The fraction of sp³-hybridized carbons (Fsp3) is 0.118. The van der Waals surface area contributed by atoms with Gasteiger partial charge in [0, 0.05) is 12.4 Å². The molecule has 0 saturated carbocycles. The molecular formula is C17H12N2O6. The molecule has 8 heteroatoms. The van der Waals surface area contributed by atoms with E-state index in [0.29, 0.717) is 5.06 Å². The number of pyridine rings is 1. The number of amides is 2. The summed E-state index contributed by atoms with van der Waals surface area (Å²) in [6.45, 7) is 1.51. The molecular weight excluding hydrogens is 328 g/mol. The highest BCUT2D eigenvalue weighted by atomic mass is 16.7. The lowest BCUT2D eigenvalue weighted by molar-refractivity contribution is -0.0585. The van der Waals surface area contributed by atoms with E-state index in [2.05, 4.69) is 9.72 Å². The monoisotopic (exact) mass is 340 g/mol. The van der Waals surface area contributed by atoms with Crippen LogP contribution < -0.4 is 0 Å². The quantitative estimate of drug-likeness (QED) is 0.617. The molecule has 0 spiro atoms. The van der Waals surface area contributed by atoms with E-state index < -0.39 is 23.8 Å². The van der Waals surface area contributed by atoms with Crippen LogP contribution in [-0.2, 0) is 9.57 Å². The van der Waals surface area contributed by atoms with Crippen molar-refractivity contribution in [2.24, 2.45) is 0 Å². The number of ether oxygens (including phenoxy) is 1. The number of rotatable bonds is 3. The zero-order valence-electron chi connectivity index (χ0n) is 13.3. The maximum atomic E-state index is 12.4. The number of nitrogens with zero attached hydrogens (tertiary/aromatic N) is 2. The van der Waals surface area contributed by atoms with Gasteiger partial charge >= 0.3 is 11.9 Å². The van der Waals surface area contributed by atoms with Crippen LogP contribution in [0.1, 0.15) is 47.0 Å². The Morgan fingerprint density at radius 2 is 1.48 bits per heavy atom. The maximum absolute atomic E-state index is 12.4. The lowest BCUT2D eigenvalue weighted by atomic mass is 10.1. The van der Waals surface area contributed by atoms with Gasteiger partial charge in [0.15, 0.2) is 0 Å². The Hall–Kier alpha value is -3.55. The largest absolute Gasteiger partial charge is 0.465 e. The van der Waals surface area contributed by atoms with Gasteiger partial charge in [-0.3, -0.25) is 14.6 Å². The van der Waals surface area contributed by atoms with Crippen LogP contribution in [0.5, 0.6) is 0 Å². The summed E-state index contributed by atoms with van der Waals surface area (Å²) in [6.07, 6.45) is 2.43. The van der Waals surface area contributed by atoms with E-state index in [1.54, 1.807) is 12.1 Å². The summed E-state index contributed by atoms with van der Waals surface area (Å²) in [5.74, 6) is -3.11. The number of hydroxylamine groups is 2. The normalized spacial score (nSPS) is 12.8. The third-order valence-corrected chi connectivity index (χ3v) is 3.77. The van der Waals surface area contributed by atoms with E-state index in [1.165, 1.54) is 38.6 Å². The summed E-state index contributed by atoms with van der Waals surface area (Å²) in [5.41, 5.74) is 0.596. The lowest BCUT2D eigenvalue weighted by Gasteiger charge is -2.14. The van der Waals surface area contributed by atoms with E-state index in [1.807, 2.05) is 0 Å². The Morgan fingerprint density at radius 3 is 2.00 bits per heavy atom. The number of imide groups is 1. The van der Waals surface area contributed by atoms with Gasteiger partial charge in [-0.15, -0.1) is 0 Å². The predicted octanol–water partition coefficient (Wildman–Crippen LogP) is 1.54. The van der Waals surface area contributed by atoms with E-state index in [0.717, 1.165) is 0 Å². The summed E-state index contributed by atoms with van der Waals surface area (Å²) in [5, 5.41) is 0.400. The van der Waals surface area contributed by atoms with E-state index in [-0.39, 0.29) is 27.8 Å². The molecule has 0 saturated heterocycles. The molecule has 3 rings (SSSR count). The number of hydrogen-bond donors (Lipinski definition) is 0. The van der Waals surface area contributed by atoms with Crippen LogP contribution in [0, 0.1) is 6.92 Å². The standard InChI is InChI=1S/C17H12N2O6/c1-9-12(16(22)24-2)7-18-8-13(9)17(23)25-19-14(20)10-5-3-4-6-11(10)15(19)21/h3-8H,1-2H3. The van der Waals surface area contributed by atoms with Crippen molar-refractivity contribution in [1.82, 2.24) is 10.0 Å². The third-order valence-electron chi connectivity index (χ3n) is 3.77. The second-order valence-corrected chi connectivity index (χ2v) is 5.18. The molecule has 1 aromatic carbocycles.